The molecule has 0 saturated heterocycles. The maximum absolute atomic E-state index is 14.0. The van der Waals surface area contributed by atoms with Gasteiger partial charge in [0, 0.05) is 5.69 Å². The molecule has 0 fully saturated rings. The Balaban J connectivity index is 2.37. The Kier molecular flexibility index (Phi) is 5.25. The van der Waals surface area contributed by atoms with E-state index in [0.717, 1.165) is 28.8 Å². The fourth-order valence-corrected chi connectivity index (χ4v) is 2.40. The van der Waals surface area contributed by atoms with Gasteiger partial charge in [0.05, 0.1) is 10.7 Å². The average molecular weight is 318 g/mol. The van der Waals surface area contributed by atoms with E-state index in [1.54, 1.807) is 12.1 Å². The van der Waals surface area contributed by atoms with Gasteiger partial charge in [-0.05, 0) is 43.0 Å². The quantitative estimate of drug-likeness (QED) is 0.639. The van der Waals surface area contributed by atoms with Gasteiger partial charge in [0.25, 0.3) is 0 Å². The highest BCUT2D eigenvalue weighted by atomic mass is 35.5. The Bertz CT molecular complexity index is 672. The Labute approximate surface area is 136 Å². The van der Waals surface area contributed by atoms with E-state index < -0.39 is 0 Å². The molecule has 0 amide bonds. The molecule has 1 N–H and O–H groups in total. The third-order valence-corrected chi connectivity index (χ3v) is 4.03. The number of rotatable bonds is 5. The summed E-state index contributed by atoms with van der Waals surface area (Å²) in [5.41, 5.74) is 4.58. The van der Waals surface area contributed by atoms with E-state index in [1.807, 2.05) is 19.1 Å². The fraction of sp³-hybridized carbons (Fsp3) is 0.263. The van der Waals surface area contributed by atoms with Gasteiger partial charge in [-0.3, -0.25) is 0 Å². The van der Waals surface area contributed by atoms with Crippen molar-refractivity contribution in [1.82, 2.24) is 0 Å². The van der Waals surface area contributed by atoms with Crippen LogP contribution >= 0.6 is 11.6 Å². The molecule has 0 saturated carbocycles. The highest BCUT2D eigenvalue weighted by Gasteiger charge is 2.11. The van der Waals surface area contributed by atoms with Gasteiger partial charge in [0.1, 0.15) is 5.82 Å². The first-order valence-corrected chi connectivity index (χ1v) is 7.74. The zero-order chi connectivity index (χ0) is 16.3. The van der Waals surface area contributed by atoms with E-state index in [-0.39, 0.29) is 5.82 Å². The van der Waals surface area contributed by atoms with Crippen LogP contribution in [0.2, 0.25) is 5.02 Å². The normalized spacial score (nSPS) is 10.8. The number of hydrogen-bond acceptors (Lipinski definition) is 1. The zero-order valence-electron chi connectivity index (χ0n) is 13.2. The summed E-state index contributed by atoms with van der Waals surface area (Å²) in [5, 5.41) is 3.50. The molecule has 0 aliphatic carbocycles. The van der Waals surface area contributed by atoms with Crippen LogP contribution < -0.4 is 5.32 Å². The van der Waals surface area contributed by atoms with E-state index in [0.29, 0.717) is 16.6 Å². The summed E-state index contributed by atoms with van der Waals surface area (Å²) in [6.45, 7) is 10.4. The topological polar surface area (TPSA) is 12.0 Å². The van der Waals surface area contributed by atoms with Crippen molar-refractivity contribution < 1.29 is 4.39 Å². The second-order valence-corrected chi connectivity index (χ2v) is 6.28. The minimum absolute atomic E-state index is 0.310. The summed E-state index contributed by atoms with van der Waals surface area (Å²) in [5.74, 6) is 0.0483. The molecule has 1 nitrogen and oxygen atoms in total. The third kappa shape index (κ3) is 3.89. The smallest absolute Gasteiger partial charge is 0.148 e. The van der Waals surface area contributed by atoms with Crippen molar-refractivity contribution in [3.8, 4) is 0 Å². The Morgan fingerprint density at radius 1 is 1.27 bits per heavy atom. The Morgan fingerprint density at radius 3 is 2.64 bits per heavy atom. The maximum atomic E-state index is 14.0. The predicted molar refractivity (Wildman–Crippen MR) is 93.6 cm³/mol. The zero-order valence-corrected chi connectivity index (χ0v) is 14.0. The molecule has 0 radical (unpaired) electrons. The molecule has 0 aliphatic rings. The van der Waals surface area contributed by atoms with Crippen LogP contribution in [0.3, 0.4) is 0 Å². The summed E-state index contributed by atoms with van der Waals surface area (Å²) in [4.78, 5) is 0. The molecule has 0 aromatic heterocycles. The Hall–Kier alpha value is -1.80. The predicted octanol–water partition coefficient (Wildman–Crippen LogP) is 6.29. The van der Waals surface area contributed by atoms with Crippen LogP contribution in [0, 0.1) is 18.7 Å². The molecule has 0 spiro atoms. The molecule has 3 heteroatoms. The van der Waals surface area contributed by atoms with Crippen LogP contribution in [0.1, 0.15) is 25.0 Å². The summed E-state index contributed by atoms with van der Waals surface area (Å²) < 4.78 is 14.0. The molecule has 0 aliphatic heterocycles. The molecule has 116 valence electrons. The second-order valence-electron chi connectivity index (χ2n) is 5.87. The maximum Gasteiger partial charge on any atom is 0.148 e. The monoisotopic (exact) mass is 317 g/mol. The van der Waals surface area contributed by atoms with Crippen molar-refractivity contribution in [2.75, 3.05) is 5.32 Å². The van der Waals surface area contributed by atoms with Gasteiger partial charge < -0.3 is 5.32 Å². The lowest BCUT2D eigenvalue weighted by Crippen LogP contribution is -2.03. The number of nitrogens with one attached hydrogen (secondary N) is 1. The molecular weight excluding hydrogens is 297 g/mol. The van der Waals surface area contributed by atoms with Crippen LogP contribution in [0.4, 0.5) is 15.8 Å². The van der Waals surface area contributed by atoms with Gasteiger partial charge in [0.2, 0.25) is 0 Å². The molecule has 0 unspecified atom stereocenters. The second kappa shape index (κ2) is 6.97. The van der Waals surface area contributed by atoms with Crippen molar-refractivity contribution in [3.05, 3.63) is 70.5 Å². The summed E-state index contributed by atoms with van der Waals surface area (Å²) in [6, 6.07) is 10.7. The lowest BCUT2D eigenvalue weighted by molar-refractivity contribution is 0.632. The molecule has 2 aromatic carbocycles. The van der Waals surface area contributed by atoms with Gasteiger partial charge >= 0.3 is 0 Å². The first kappa shape index (κ1) is 16.6. The van der Waals surface area contributed by atoms with Crippen LogP contribution in [-0.2, 0) is 6.42 Å². The van der Waals surface area contributed by atoms with Gasteiger partial charge in [-0.25, -0.2) is 4.39 Å². The van der Waals surface area contributed by atoms with Crippen LogP contribution in [-0.4, -0.2) is 0 Å². The third-order valence-electron chi connectivity index (χ3n) is 3.72. The number of hydrogen-bond donors (Lipinski definition) is 1. The first-order valence-electron chi connectivity index (χ1n) is 7.36. The standard InChI is InChI=1S/C19H21ClFN/c1-12(2)14(4)11-15-10-13(3)8-9-18(15)22-19-16(20)6-5-7-17(19)21/h5-10,12,22H,4,11H2,1-3H3. The van der Waals surface area contributed by atoms with Crippen molar-refractivity contribution in [2.24, 2.45) is 5.92 Å². The highest BCUT2D eigenvalue weighted by molar-refractivity contribution is 6.33. The van der Waals surface area contributed by atoms with Gasteiger partial charge in [0.15, 0.2) is 0 Å². The largest absolute Gasteiger partial charge is 0.352 e. The number of halogens is 2. The molecule has 0 atom stereocenters. The molecule has 2 rings (SSSR count). The van der Waals surface area contributed by atoms with E-state index >= 15 is 0 Å². The molecule has 0 bridgehead atoms. The average Bonchev–Trinajstić information content (AvgIpc) is 2.45. The van der Waals surface area contributed by atoms with Crippen LogP contribution in [0.5, 0.6) is 0 Å². The minimum atomic E-state index is -0.360. The van der Waals surface area contributed by atoms with Gasteiger partial charge in [-0.2, -0.15) is 0 Å². The summed E-state index contributed by atoms with van der Waals surface area (Å²) in [6.07, 6.45) is 0.758. The van der Waals surface area contributed by atoms with Gasteiger partial charge in [-0.15, -0.1) is 0 Å². The van der Waals surface area contributed by atoms with E-state index in [1.165, 1.54) is 6.07 Å². The number of aryl methyl sites for hydroxylation is 1. The molecule has 2 aromatic rings. The van der Waals surface area contributed by atoms with E-state index in [9.17, 15) is 4.39 Å². The van der Waals surface area contributed by atoms with Crippen molar-refractivity contribution >= 4 is 23.0 Å². The SMILES string of the molecule is C=C(Cc1cc(C)ccc1Nc1c(F)cccc1Cl)C(C)C. The Morgan fingerprint density at radius 2 is 2.00 bits per heavy atom. The van der Waals surface area contributed by atoms with Crippen LogP contribution in [0.25, 0.3) is 0 Å². The van der Waals surface area contributed by atoms with Crippen molar-refractivity contribution in [1.29, 1.82) is 0 Å². The summed E-state index contributed by atoms with van der Waals surface area (Å²) in [7, 11) is 0. The number of benzene rings is 2. The van der Waals surface area contributed by atoms with Crippen LogP contribution in [0.15, 0.2) is 48.6 Å². The number of anilines is 2. The first-order chi connectivity index (χ1) is 10.4. The highest BCUT2D eigenvalue weighted by Crippen LogP contribution is 2.31. The fourth-order valence-electron chi connectivity index (χ4n) is 2.19. The number of allylic oxidation sites excluding steroid dienone is 1. The lowest BCUT2D eigenvalue weighted by Gasteiger charge is -2.17. The lowest BCUT2D eigenvalue weighted by atomic mass is 9.95. The van der Waals surface area contributed by atoms with Crippen molar-refractivity contribution in [2.45, 2.75) is 27.2 Å². The molecular formula is C19H21ClFN. The number of para-hydroxylation sites is 1. The van der Waals surface area contributed by atoms with Gasteiger partial charge in [-0.1, -0.05) is 61.4 Å². The summed E-state index contributed by atoms with van der Waals surface area (Å²) >= 11 is 6.10. The van der Waals surface area contributed by atoms with E-state index in [2.05, 4.69) is 31.8 Å². The van der Waals surface area contributed by atoms with E-state index in [4.69, 9.17) is 11.6 Å². The molecule has 22 heavy (non-hydrogen) atoms. The minimum Gasteiger partial charge on any atom is -0.352 e. The van der Waals surface area contributed by atoms with Crippen molar-refractivity contribution in [3.63, 3.8) is 0 Å². The molecule has 0 heterocycles.